The van der Waals surface area contributed by atoms with Gasteiger partial charge in [0.25, 0.3) is 0 Å². The molecule has 0 aliphatic carbocycles. The van der Waals surface area contributed by atoms with Crippen LogP contribution in [0.3, 0.4) is 0 Å². The lowest BCUT2D eigenvalue weighted by molar-refractivity contribution is 0.101. The van der Waals surface area contributed by atoms with Gasteiger partial charge in [-0.25, -0.2) is 0 Å². The van der Waals surface area contributed by atoms with Gasteiger partial charge in [0.15, 0.2) is 5.78 Å². The highest BCUT2D eigenvalue weighted by atomic mass is 16.5. The molecular formula is C9H11NO2. The number of rotatable bonds is 2. The summed E-state index contributed by atoms with van der Waals surface area (Å²) in [5, 5.41) is 10.0. The number of ketones is 1. The highest BCUT2D eigenvalue weighted by Gasteiger charge is 2.01. The van der Waals surface area contributed by atoms with E-state index in [4.69, 9.17) is 5.21 Å². The van der Waals surface area contributed by atoms with Gasteiger partial charge in [-0.1, -0.05) is 12.1 Å². The van der Waals surface area contributed by atoms with Gasteiger partial charge in [-0.05, 0) is 19.1 Å². The van der Waals surface area contributed by atoms with E-state index in [9.17, 15) is 4.79 Å². The molecule has 0 atom stereocenters. The first-order chi connectivity index (χ1) is 5.61. The summed E-state index contributed by atoms with van der Waals surface area (Å²) in [6.07, 6.45) is 0. The van der Waals surface area contributed by atoms with E-state index in [1.807, 2.05) is 0 Å². The number of carbonyl (C=O) groups excluding carboxylic acids is 1. The molecule has 0 saturated carbocycles. The van der Waals surface area contributed by atoms with E-state index in [0.29, 0.717) is 11.3 Å². The molecule has 1 N–H and O–H groups in total. The van der Waals surface area contributed by atoms with Crippen LogP contribution in [0.1, 0.15) is 17.3 Å². The number of benzene rings is 1. The maximum atomic E-state index is 10.9. The van der Waals surface area contributed by atoms with E-state index in [1.165, 1.54) is 14.0 Å². The molecule has 3 heteroatoms. The lowest BCUT2D eigenvalue weighted by atomic mass is 10.1. The smallest absolute Gasteiger partial charge is 0.159 e. The molecule has 0 radical (unpaired) electrons. The molecule has 1 aromatic carbocycles. The van der Waals surface area contributed by atoms with Crippen molar-refractivity contribution in [2.75, 3.05) is 12.1 Å². The number of hydrogen-bond donors (Lipinski definition) is 1. The van der Waals surface area contributed by atoms with Crippen molar-refractivity contribution in [1.29, 1.82) is 0 Å². The van der Waals surface area contributed by atoms with Crippen molar-refractivity contribution in [3.63, 3.8) is 0 Å². The summed E-state index contributed by atoms with van der Waals surface area (Å²) >= 11 is 0. The van der Waals surface area contributed by atoms with E-state index in [2.05, 4.69) is 0 Å². The van der Waals surface area contributed by atoms with Gasteiger partial charge >= 0.3 is 0 Å². The summed E-state index contributed by atoms with van der Waals surface area (Å²) in [5.41, 5.74) is 1.22. The standard InChI is InChI=1S/C9H11NO2/c1-7(11)8-4-3-5-9(6-8)10(2)12/h3-6,12H,1-2H3. The van der Waals surface area contributed by atoms with Gasteiger partial charge in [0.1, 0.15) is 0 Å². The Morgan fingerprint density at radius 3 is 2.67 bits per heavy atom. The molecule has 64 valence electrons. The quantitative estimate of drug-likeness (QED) is 0.535. The zero-order chi connectivity index (χ0) is 9.14. The van der Waals surface area contributed by atoms with Crippen molar-refractivity contribution in [3.8, 4) is 0 Å². The van der Waals surface area contributed by atoms with Crippen molar-refractivity contribution in [2.24, 2.45) is 0 Å². The summed E-state index contributed by atoms with van der Waals surface area (Å²) in [6, 6.07) is 6.82. The largest absolute Gasteiger partial charge is 0.295 e. The third-order valence-electron chi connectivity index (χ3n) is 1.63. The summed E-state index contributed by atoms with van der Waals surface area (Å²) < 4.78 is 0. The number of anilines is 1. The average molecular weight is 165 g/mol. The predicted octanol–water partition coefficient (Wildman–Crippen LogP) is 1.71. The first kappa shape index (κ1) is 8.74. The molecule has 0 spiro atoms. The van der Waals surface area contributed by atoms with Gasteiger partial charge in [0.05, 0.1) is 5.69 Å². The van der Waals surface area contributed by atoms with Gasteiger partial charge in [-0.15, -0.1) is 0 Å². The Bertz CT molecular complexity index is 294. The number of hydrogen-bond acceptors (Lipinski definition) is 3. The minimum Gasteiger partial charge on any atom is -0.295 e. The number of hydroxylamine groups is 1. The number of Topliss-reactive ketones (excluding diaryl/α,β-unsaturated/α-hetero) is 1. The van der Waals surface area contributed by atoms with Gasteiger partial charge in [0, 0.05) is 12.6 Å². The average Bonchev–Trinajstić information content (AvgIpc) is 2.04. The lowest BCUT2D eigenvalue weighted by Crippen LogP contribution is -2.10. The fourth-order valence-corrected chi connectivity index (χ4v) is 0.926. The molecule has 0 aliphatic rings. The first-order valence-electron chi connectivity index (χ1n) is 3.65. The van der Waals surface area contributed by atoms with E-state index in [0.717, 1.165) is 5.06 Å². The summed E-state index contributed by atoms with van der Waals surface area (Å²) in [4.78, 5) is 10.9. The van der Waals surface area contributed by atoms with Crippen LogP contribution in [0.15, 0.2) is 24.3 Å². The van der Waals surface area contributed by atoms with Gasteiger partial charge in [-0.3, -0.25) is 15.1 Å². The van der Waals surface area contributed by atoms with Crippen LogP contribution in [0.4, 0.5) is 5.69 Å². The Morgan fingerprint density at radius 1 is 1.50 bits per heavy atom. The lowest BCUT2D eigenvalue weighted by Gasteiger charge is -2.10. The van der Waals surface area contributed by atoms with Crippen LogP contribution >= 0.6 is 0 Å². The molecule has 0 heterocycles. The van der Waals surface area contributed by atoms with Gasteiger partial charge in [0.2, 0.25) is 0 Å². The molecule has 0 aliphatic heterocycles. The Hall–Kier alpha value is -1.35. The van der Waals surface area contributed by atoms with E-state index in [-0.39, 0.29) is 5.78 Å². The molecule has 1 rings (SSSR count). The molecule has 0 unspecified atom stereocenters. The zero-order valence-electron chi connectivity index (χ0n) is 7.11. The molecule has 0 amide bonds. The van der Waals surface area contributed by atoms with Crippen LogP contribution in [0, 0.1) is 0 Å². The molecule has 12 heavy (non-hydrogen) atoms. The Labute approximate surface area is 71.2 Å². The molecule has 1 aromatic rings. The normalized spacial score (nSPS) is 9.58. The van der Waals surface area contributed by atoms with Crippen molar-refractivity contribution < 1.29 is 10.0 Å². The Morgan fingerprint density at radius 2 is 2.17 bits per heavy atom. The van der Waals surface area contributed by atoms with Crippen LogP contribution in [-0.2, 0) is 0 Å². The highest BCUT2D eigenvalue weighted by molar-refractivity contribution is 5.94. The van der Waals surface area contributed by atoms with Gasteiger partial charge in [-0.2, -0.15) is 0 Å². The minimum absolute atomic E-state index is 0.00120. The number of carbonyl (C=O) groups is 1. The second-order valence-corrected chi connectivity index (χ2v) is 2.63. The zero-order valence-corrected chi connectivity index (χ0v) is 7.11. The van der Waals surface area contributed by atoms with Gasteiger partial charge < -0.3 is 0 Å². The van der Waals surface area contributed by atoms with E-state index < -0.39 is 0 Å². The van der Waals surface area contributed by atoms with E-state index in [1.54, 1.807) is 24.3 Å². The third kappa shape index (κ3) is 1.83. The van der Waals surface area contributed by atoms with Crippen molar-refractivity contribution in [3.05, 3.63) is 29.8 Å². The summed E-state index contributed by atoms with van der Waals surface area (Å²) in [7, 11) is 1.51. The summed E-state index contributed by atoms with van der Waals surface area (Å²) in [5.74, 6) is -0.00120. The second kappa shape index (κ2) is 3.36. The minimum atomic E-state index is -0.00120. The Kier molecular flexibility index (Phi) is 2.45. The maximum Gasteiger partial charge on any atom is 0.159 e. The monoisotopic (exact) mass is 165 g/mol. The molecule has 0 bridgehead atoms. The van der Waals surface area contributed by atoms with Crippen LogP contribution in [0.5, 0.6) is 0 Å². The molecule has 0 fully saturated rings. The first-order valence-corrected chi connectivity index (χ1v) is 3.65. The maximum absolute atomic E-state index is 10.9. The highest BCUT2D eigenvalue weighted by Crippen LogP contribution is 2.13. The third-order valence-corrected chi connectivity index (χ3v) is 1.63. The fraction of sp³-hybridized carbons (Fsp3) is 0.222. The Balaban J connectivity index is 3.04. The van der Waals surface area contributed by atoms with Crippen LogP contribution < -0.4 is 5.06 Å². The van der Waals surface area contributed by atoms with Crippen LogP contribution in [0.25, 0.3) is 0 Å². The molecule has 3 nitrogen and oxygen atoms in total. The van der Waals surface area contributed by atoms with Crippen LogP contribution in [0.2, 0.25) is 0 Å². The fourth-order valence-electron chi connectivity index (χ4n) is 0.926. The van der Waals surface area contributed by atoms with Crippen LogP contribution in [-0.4, -0.2) is 18.0 Å². The SMILES string of the molecule is CC(=O)c1cccc(N(C)O)c1. The second-order valence-electron chi connectivity index (χ2n) is 2.63. The molecule has 0 aromatic heterocycles. The van der Waals surface area contributed by atoms with Crippen molar-refractivity contribution in [2.45, 2.75) is 6.92 Å². The molecular weight excluding hydrogens is 154 g/mol. The summed E-state index contributed by atoms with van der Waals surface area (Å²) in [6.45, 7) is 1.50. The predicted molar refractivity (Wildman–Crippen MR) is 46.6 cm³/mol. The molecule has 0 saturated heterocycles. The van der Waals surface area contributed by atoms with E-state index >= 15 is 0 Å². The van der Waals surface area contributed by atoms with Crippen molar-refractivity contribution in [1.82, 2.24) is 0 Å². The van der Waals surface area contributed by atoms with Crippen molar-refractivity contribution >= 4 is 11.5 Å². The number of nitrogens with zero attached hydrogens (tertiary/aromatic N) is 1. The topological polar surface area (TPSA) is 40.5 Å².